The van der Waals surface area contributed by atoms with Crippen molar-refractivity contribution in [2.75, 3.05) is 13.2 Å². The van der Waals surface area contributed by atoms with Gasteiger partial charge in [-0.3, -0.25) is 0 Å². The molecule has 2 aromatic carbocycles. The minimum Gasteiger partial charge on any atom is -0.494 e. The monoisotopic (exact) mass is 446 g/mol. The van der Waals surface area contributed by atoms with E-state index in [0.717, 1.165) is 19.3 Å². The van der Waals surface area contributed by atoms with Crippen molar-refractivity contribution in [1.82, 2.24) is 0 Å². The smallest absolute Gasteiger partial charge is 0.343 e. The lowest BCUT2D eigenvalue weighted by molar-refractivity contribution is 0.0447. The Bertz CT molecular complexity index is 847. The predicted octanol–water partition coefficient (Wildman–Crippen LogP) is 6.72. The molecule has 0 radical (unpaired) electrons. The molecule has 2 aromatic rings. The van der Waals surface area contributed by atoms with Gasteiger partial charge in [0.05, 0.1) is 29.4 Å². The van der Waals surface area contributed by atoms with Gasteiger partial charge in [0.1, 0.15) is 11.5 Å². The van der Waals surface area contributed by atoms with Crippen LogP contribution >= 0.6 is 11.6 Å². The van der Waals surface area contributed by atoms with Crippen molar-refractivity contribution in [3.05, 3.63) is 58.6 Å². The summed E-state index contributed by atoms with van der Waals surface area (Å²) in [5.41, 5.74) is 0.694. The normalized spacial score (nSPS) is 11.6. The Morgan fingerprint density at radius 2 is 1.65 bits per heavy atom. The summed E-state index contributed by atoms with van der Waals surface area (Å²) in [5, 5.41) is 0.165. The molecule has 5 nitrogen and oxygen atoms in total. The van der Waals surface area contributed by atoms with Crippen molar-refractivity contribution in [2.24, 2.45) is 5.92 Å². The summed E-state index contributed by atoms with van der Waals surface area (Å²) in [6.45, 7) is 7.22. The minimum atomic E-state index is -0.538. The van der Waals surface area contributed by atoms with Crippen molar-refractivity contribution >= 4 is 23.5 Å². The summed E-state index contributed by atoms with van der Waals surface area (Å²) in [6.07, 6.45) is 5.48. The number of carbonyl (C=O) groups is 2. The van der Waals surface area contributed by atoms with E-state index in [9.17, 15) is 9.59 Å². The van der Waals surface area contributed by atoms with E-state index >= 15 is 0 Å². The zero-order valence-corrected chi connectivity index (χ0v) is 19.2. The molecule has 2 rings (SSSR count). The second-order valence-corrected chi connectivity index (χ2v) is 7.99. The van der Waals surface area contributed by atoms with Crippen molar-refractivity contribution in [1.29, 1.82) is 0 Å². The molecule has 168 valence electrons. The standard InChI is InChI=1S/C25H31ClO5/c1-4-6-7-8-15-29-21-12-9-19(10-13-21)25(28)31-23-14-11-20(16-22(23)26)24(27)30-17-18(3)5-2/h9-14,16,18H,4-8,15,17H2,1-3H3. The molecule has 0 amide bonds. The molecule has 0 N–H and O–H groups in total. The van der Waals surface area contributed by atoms with Crippen molar-refractivity contribution in [3.63, 3.8) is 0 Å². The van der Waals surface area contributed by atoms with Crippen LogP contribution in [0.15, 0.2) is 42.5 Å². The topological polar surface area (TPSA) is 61.8 Å². The van der Waals surface area contributed by atoms with Crippen molar-refractivity contribution < 1.29 is 23.8 Å². The average Bonchev–Trinajstić information content (AvgIpc) is 2.78. The van der Waals surface area contributed by atoms with Crippen LogP contribution in [0.4, 0.5) is 0 Å². The lowest BCUT2D eigenvalue weighted by Crippen LogP contribution is -2.12. The molecule has 1 atom stereocenters. The molecule has 0 aromatic heterocycles. The fourth-order valence-electron chi connectivity index (χ4n) is 2.69. The molecule has 0 aliphatic carbocycles. The second-order valence-electron chi connectivity index (χ2n) is 7.58. The van der Waals surface area contributed by atoms with Gasteiger partial charge in [-0.05, 0) is 54.8 Å². The summed E-state index contributed by atoms with van der Waals surface area (Å²) < 4.78 is 16.3. The number of benzene rings is 2. The Hall–Kier alpha value is -2.53. The molecule has 0 aliphatic heterocycles. The molecule has 0 bridgehead atoms. The number of esters is 2. The molecule has 0 saturated heterocycles. The zero-order valence-electron chi connectivity index (χ0n) is 18.5. The van der Waals surface area contributed by atoms with Gasteiger partial charge in [0, 0.05) is 0 Å². The van der Waals surface area contributed by atoms with E-state index in [-0.39, 0.29) is 16.7 Å². The van der Waals surface area contributed by atoms with Crippen LogP contribution in [0, 0.1) is 5.92 Å². The molecule has 0 fully saturated rings. The Kier molecular flexibility index (Phi) is 10.4. The largest absolute Gasteiger partial charge is 0.494 e. The highest BCUT2D eigenvalue weighted by Crippen LogP contribution is 2.27. The van der Waals surface area contributed by atoms with Crippen LogP contribution in [-0.2, 0) is 4.74 Å². The molecule has 6 heteroatoms. The van der Waals surface area contributed by atoms with Crippen LogP contribution in [0.25, 0.3) is 0 Å². The van der Waals surface area contributed by atoms with Gasteiger partial charge < -0.3 is 14.2 Å². The average molecular weight is 447 g/mol. The van der Waals surface area contributed by atoms with E-state index in [1.165, 1.54) is 31.0 Å². The highest BCUT2D eigenvalue weighted by molar-refractivity contribution is 6.32. The maximum Gasteiger partial charge on any atom is 0.343 e. The fraction of sp³-hybridized carbons (Fsp3) is 0.440. The first-order valence-corrected chi connectivity index (χ1v) is 11.2. The molecule has 31 heavy (non-hydrogen) atoms. The van der Waals surface area contributed by atoms with E-state index in [1.807, 2.05) is 13.8 Å². The van der Waals surface area contributed by atoms with Gasteiger partial charge in [-0.2, -0.15) is 0 Å². The van der Waals surface area contributed by atoms with E-state index in [2.05, 4.69) is 6.92 Å². The first-order chi connectivity index (χ1) is 14.9. The summed E-state index contributed by atoms with van der Waals surface area (Å²) in [5.74, 6) is 0.194. The quantitative estimate of drug-likeness (QED) is 0.205. The van der Waals surface area contributed by atoms with Gasteiger partial charge in [-0.25, -0.2) is 9.59 Å². The van der Waals surface area contributed by atoms with Crippen LogP contribution in [0.5, 0.6) is 11.5 Å². The van der Waals surface area contributed by atoms with Crippen LogP contribution in [-0.4, -0.2) is 25.2 Å². The van der Waals surface area contributed by atoms with E-state index in [1.54, 1.807) is 24.3 Å². The van der Waals surface area contributed by atoms with Gasteiger partial charge >= 0.3 is 11.9 Å². The number of carbonyl (C=O) groups excluding carboxylic acids is 2. The maximum atomic E-state index is 12.4. The van der Waals surface area contributed by atoms with Gasteiger partial charge in [-0.15, -0.1) is 0 Å². The summed E-state index contributed by atoms with van der Waals surface area (Å²) in [6, 6.07) is 11.3. The third-order valence-electron chi connectivity index (χ3n) is 4.92. The predicted molar refractivity (Wildman–Crippen MR) is 122 cm³/mol. The van der Waals surface area contributed by atoms with Crippen LogP contribution < -0.4 is 9.47 Å². The summed E-state index contributed by atoms with van der Waals surface area (Å²) in [4.78, 5) is 24.6. The van der Waals surface area contributed by atoms with Gasteiger partial charge in [0.2, 0.25) is 0 Å². The molecular weight excluding hydrogens is 416 g/mol. The Labute approximate surface area is 189 Å². The molecule has 0 spiro atoms. The molecular formula is C25H31ClO5. The number of ether oxygens (including phenoxy) is 3. The summed E-state index contributed by atoms with van der Waals surface area (Å²) in [7, 11) is 0. The molecule has 0 saturated carbocycles. The van der Waals surface area contributed by atoms with Crippen LogP contribution in [0.2, 0.25) is 5.02 Å². The number of halogens is 1. The first kappa shape index (κ1) is 24.7. The van der Waals surface area contributed by atoms with Crippen molar-refractivity contribution in [2.45, 2.75) is 52.9 Å². The van der Waals surface area contributed by atoms with Gasteiger partial charge in [-0.1, -0.05) is 58.1 Å². The molecule has 0 aliphatic rings. The van der Waals surface area contributed by atoms with E-state index in [0.29, 0.717) is 30.1 Å². The van der Waals surface area contributed by atoms with E-state index < -0.39 is 11.9 Å². The fourth-order valence-corrected chi connectivity index (χ4v) is 2.91. The molecule has 0 heterocycles. The van der Waals surface area contributed by atoms with Crippen LogP contribution in [0.1, 0.15) is 73.6 Å². The van der Waals surface area contributed by atoms with Gasteiger partial charge in [0.15, 0.2) is 0 Å². The van der Waals surface area contributed by atoms with Crippen LogP contribution in [0.3, 0.4) is 0 Å². The highest BCUT2D eigenvalue weighted by Gasteiger charge is 2.15. The highest BCUT2D eigenvalue weighted by atomic mass is 35.5. The lowest BCUT2D eigenvalue weighted by atomic mass is 10.1. The van der Waals surface area contributed by atoms with Gasteiger partial charge in [0.25, 0.3) is 0 Å². The number of unbranched alkanes of at least 4 members (excludes halogenated alkanes) is 3. The third kappa shape index (κ3) is 8.25. The summed E-state index contributed by atoms with van der Waals surface area (Å²) >= 11 is 6.21. The zero-order chi connectivity index (χ0) is 22.6. The van der Waals surface area contributed by atoms with Crippen molar-refractivity contribution in [3.8, 4) is 11.5 Å². The number of rotatable bonds is 12. The number of hydrogen-bond donors (Lipinski definition) is 0. The SMILES string of the molecule is CCCCCCOc1ccc(C(=O)Oc2ccc(C(=O)OCC(C)CC)cc2Cl)cc1. The molecule has 1 unspecified atom stereocenters. The second kappa shape index (κ2) is 13.0. The minimum absolute atomic E-state index is 0.165. The Balaban J connectivity index is 1.90. The Morgan fingerprint density at radius 3 is 2.29 bits per heavy atom. The maximum absolute atomic E-state index is 12.4. The van der Waals surface area contributed by atoms with E-state index in [4.69, 9.17) is 25.8 Å². The third-order valence-corrected chi connectivity index (χ3v) is 5.22. The first-order valence-electron chi connectivity index (χ1n) is 10.9. The Morgan fingerprint density at radius 1 is 0.935 bits per heavy atom. The lowest BCUT2D eigenvalue weighted by Gasteiger charge is -2.11. The number of hydrogen-bond acceptors (Lipinski definition) is 5.